The highest BCUT2D eigenvalue weighted by Crippen LogP contribution is 2.13. The van der Waals surface area contributed by atoms with Gasteiger partial charge in [0.2, 0.25) is 11.8 Å². The second-order valence-corrected chi connectivity index (χ2v) is 9.36. The molecule has 4 N–H and O–H groups in total. The van der Waals surface area contributed by atoms with Gasteiger partial charge in [0.25, 0.3) is 0 Å². The number of aliphatic hydroxyl groups excluding tert-OH is 1. The number of carbonyl (C=O) groups excluding carboxylic acids is 3. The van der Waals surface area contributed by atoms with E-state index in [-0.39, 0.29) is 31.6 Å². The highest BCUT2D eigenvalue weighted by atomic mass is 16.6. The Labute approximate surface area is 255 Å². The molecule has 2 amide bonds. The minimum atomic E-state index is -0.893. The number of aliphatic hydroxyl groups is 1. The van der Waals surface area contributed by atoms with E-state index in [0.29, 0.717) is 118 Å². The van der Waals surface area contributed by atoms with Gasteiger partial charge >= 0.3 is 0 Å². The summed E-state index contributed by atoms with van der Waals surface area (Å²) in [5.74, 6) is -1.04. The van der Waals surface area contributed by atoms with Crippen LogP contribution in [-0.2, 0) is 52.3 Å². The summed E-state index contributed by atoms with van der Waals surface area (Å²) in [6.45, 7) is 11.0. The fraction of sp³-hybridized carbons (Fsp3) is 0.828. The van der Waals surface area contributed by atoms with Crippen LogP contribution in [0.2, 0.25) is 0 Å². The van der Waals surface area contributed by atoms with E-state index in [1.807, 2.05) is 0 Å². The summed E-state index contributed by atoms with van der Waals surface area (Å²) in [6, 6.07) is -0.893. The van der Waals surface area contributed by atoms with Crippen molar-refractivity contribution in [1.82, 2.24) is 5.32 Å². The number of aldehydes is 1. The summed E-state index contributed by atoms with van der Waals surface area (Å²) in [5, 5.41) is 12.9. The Morgan fingerprint density at radius 1 is 0.721 bits per heavy atom. The van der Waals surface area contributed by atoms with Gasteiger partial charge in [-0.1, -0.05) is 6.58 Å². The summed E-state index contributed by atoms with van der Waals surface area (Å²) in [7, 11) is 1.63. The summed E-state index contributed by atoms with van der Waals surface area (Å²) in [4.78, 5) is 33.8. The molecule has 1 unspecified atom stereocenters. The third-order valence-electron chi connectivity index (χ3n) is 5.84. The number of primary amides is 1. The Hall–Kier alpha value is -2.01. The fourth-order valence-corrected chi connectivity index (χ4v) is 3.36. The van der Waals surface area contributed by atoms with Crippen LogP contribution in [0.1, 0.15) is 38.5 Å². The second-order valence-electron chi connectivity index (χ2n) is 9.36. The first-order chi connectivity index (χ1) is 20.9. The number of nitrogens with two attached hydrogens (primary N) is 1. The molecule has 0 saturated heterocycles. The van der Waals surface area contributed by atoms with E-state index in [1.54, 1.807) is 7.11 Å². The maximum atomic E-state index is 11.9. The molecular weight excluding hydrogens is 568 g/mol. The van der Waals surface area contributed by atoms with Gasteiger partial charge in [0.15, 0.2) is 0 Å². The zero-order valence-electron chi connectivity index (χ0n) is 25.8. The number of unbranched alkanes of at least 4 members (excludes halogenated alkanes) is 1. The minimum Gasteiger partial charge on any atom is -0.389 e. The lowest BCUT2D eigenvalue weighted by molar-refractivity contribution is -0.127. The lowest BCUT2D eigenvalue weighted by Gasteiger charge is -2.19. The van der Waals surface area contributed by atoms with Gasteiger partial charge in [-0.3, -0.25) is 9.59 Å². The largest absolute Gasteiger partial charge is 0.389 e. The van der Waals surface area contributed by atoms with Crippen LogP contribution >= 0.6 is 0 Å². The number of hydrogen-bond acceptors (Lipinski definition) is 12. The van der Waals surface area contributed by atoms with Crippen molar-refractivity contribution in [2.75, 3.05) is 106 Å². The van der Waals surface area contributed by atoms with Crippen molar-refractivity contribution in [3.63, 3.8) is 0 Å². The number of rotatable bonds is 34. The molecule has 14 nitrogen and oxygen atoms in total. The molecule has 0 aromatic heterocycles. The Kier molecular flexibility index (Phi) is 29.9. The van der Waals surface area contributed by atoms with Crippen LogP contribution in [0.15, 0.2) is 12.2 Å². The molecule has 0 aliphatic carbocycles. The van der Waals surface area contributed by atoms with Gasteiger partial charge in [-0.25, -0.2) is 0 Å². The SMILES string of the molecule is C=C(CCOCCOCCOCCOCCOCCOCCOCCOC)C(O)CC[C@H](NC(=O)CCCC=O)C(N)=O. The average molecular weight is 623 g/mol. The number of nitrogens with one attached hydrogen (secondary N) is 1. The van der Waals surface area contributed by atoms with Crippen LogP contribution < -0.4 is 11.1 Å². The van der Waals surface area contributed by atoms with Crippen molar-refractivity contribution in [1.29, 1.82) is 0 Å². The molecule has 0 saturated carbocycles. The molecule has 2 atom stereocenters. The summed E-state index contributed by atoms with van der Waals surface area (Å²) in [6.07, 6.45) is 1.51. The zero-order valence-corrected chi connectivity index (χ0v) is 25.8. The molecule has 0 heterocycles. The van der Waals surface area contributed by atoms with Gasteiger partial charge in [0.1, 0.15) is 12.3 Å². The number of amides is 2. The molecule has 252 valence electrons. The van der Waals surface area contributed by atoms with E-state index >= 15 is 0 Å². The monoisotopic (exact) mass is 622 g/mol. The molecule has 0 spiro atoms. The maximum Gasteiger partial charge on any atom is 0.240 e. The molecule has 0 fully saturated rings. The normalized spacial score (nSPS) is 12.6. The fourth-order valence-electron chi connectivity index (χ4n) is 3.36. The van der Waals surface area contributed by atoms with E-state index < -0.39 is 18.1 Å². The molecule has 0 bridgehead atoms. The quantitative estimate of drug-likeness (QED) is 0.0503. The van der Waals surface area contributed by atoms with Gasteiger partial charge in [0, 0.05) is 20.0 Å². The summed E-state index contributed by atoms with van der Waals surface area (Å²) >= 11 is 0. The van der Waals surface area contributed by atoms with E-state index in [9.17, 15) is 19.5 Å². The van der Waals surface area contributed by atoms with Gasteiger partial charge in [-0.2, -0.15) is 0 Å². The summed E-state index contributed by atoms with van der Waals surface area (Å²) in [5.41, 5.74) is 5.92. The standard InChI is InChI=1S/C29H54N2O12/c1-25(27(33)7-6-26(29(30)35)31-28(34)5-3-4-9-32)8-10-37-13-14-39-17-18-41-21-22-43-24-23-42-20-19-40-16-15-38-12-11-36-2/h9,26-27,33H,1,3-8,10-24H2,2H3,(H2,30,35)(H,31,34)/t26-,27?/m0/s1. The Morgan fingerprint density at radius 3 is 1.53 bits per heavy atom. The predicted molar refractivity (Wildman–Crippen MR) is 158 cm³/mol. The first-order valence-electron chi connectivity index (χ1n) is 14.8. The van der Waals surface area contributed by atoms with Crippen molar-refractivity contribution in [3.05, 3.63) is 12.2 Å². The van der Waals surface area contributed by atoms with Crippen LogP contribution in [0.5, 0.6) is 0 Å². The smallest absolute Gasteiger partial charge is 0.240 e. The van der Waals surface area contributed by atoms with Crippen molar-refractivity contribution >= 4 is 18.1 Å². The van der Waals surface area contributed by atoms with Crippen molar-refractivity contribution in [3.8, 4) is 0 Å². The number of methoxy groups -OCH3 is 1. The highest BCUT2D eigenvalue weighted by Gasteiger charge is 2.20. The third-order valence-corrected chi connectivity index (χ3v) is 5.84. The minimum absolute atomic E-state index is 0.128. The van der Waals surface area contributed by atoms with Gasteiger partial charge < -0.3 is 58.8 Å². The summed E-state index contributed by atoms with van der Waals surface area (Å²) < 4.78 is 42.8. The Morgan fingerprint density at radius 2 is 1.14 bits per heavy atom. The van der Waals surface area contributed by atoms with Crippen LogP contribution in [0.4, 0.5) is 0 Å². The van der Waals surface area contributed by atoms with E-state index in [4.69, 9.17) is 43.6 Å². The Balaban J connectivity index is 3.51. The third kappa shape index (κ3) is 28.5. The lowest BCUT2D eigenvalue weighted by atomic mass is 10.0. The lowest BCUT2D eigenvalue weighted by Crippen LogP contribution is -2.44. The molecular formula is C29H54N2O12. The van der Waals surface area contributed by atoms with Crippen LogP contribution in [0.25, 0.3) is 0 Å². The predicted octanol–water partition coefficient (Wildman–Crippen LogP) is 0.176. The van der Waals surface area contributed by atoms with Crippen molar-refractivity contribution in [2.45, 2.75) is 50.7 Å². The zero-order chi connectivity index (χ0) is 31.8. The Bertz CT molecular complexity index is 698. The first kappa shape index (κ1) is 41.0. The number of hydrogen-bond donors (Lipinski definition) is 3. The maximum absolute atomic E-state index is 11.9. The van der Waals surface area contributed by atoms with Crippen LogP contribution in [-0.4, -0.2) is 142 Å². The molecule has 0 aliphatic rings. The molecule has 0 aromatic rings. The van der Waals surface area contributed by atoms with E-state index in [2.05, 4.69) is 11.9 Å². The molecule has 0 aromatic carbocycles. The number of ether oxygens (including phenoxy) is 8. The molecule has 0 aliphatic heterocycles. The van der Waals surface area contributed by atoms with Gasteiger partial charge in [-0.15, -0.1) is 0 Å². The van der Waals surface area contributed by atoms with E-state index in [1.165, 1.54) is 0 Å². The average Bonchev–Trinajstić information content (AvgIpc) is 2.99. The second kappa shape index (κ2) is 31.4. The van der Waals surface area contributed by atoms with Gasteiger partial charge in [-0.05, 0) is 31.3 Å². The number of carbonyl (C=O) groups is 3. The van der Waals surface area contributed by atoms with Crippen LogP contribution in [0, 0.1) is 0 Å². The van der Waals surface area contributed by atoms with Gasteiger partial charge in [0.05, 0.1) is 105 Å². The van der Waals surface area contributed by atoms with Crippen molar-refractivity contribution < 1.29 is 57.4 Å². The van der Waals surface area contributed by atoms with Crippen molar-refractivity contribution in [2.24, 2.45) is 5.73 Å². The highest BCUT2D eigenvalue weighted by molar-refractivity contribution is 5.86. The topological polar surface area (TPSA) is 183 Å². The molecule has 0 rings (SSSR count). The molecule has 0 radical (unpaired) electrons. The van der Waals surface area contributed by atoms with E-state index in [0.717, 1.165) is 6.29 Å². The molecule has 14 heteroatoms. The molecule has 43 heavy (non-hydrogen) atoms. The van der Waals surface area contributed by atoms with Crippen LogP contribution in [0.3, 0.4) is 0 Å². The first-order valence-corrected chi connectivity index (χ1v) is 14.8.